The molecular weight excluding hydrogens is 132 g/mol. The maximum absolute atomic E-state index is 11.2. The minimum atomic E-state index is -0.431. The summed E-state index contributed by atoms with van der Waals surface area (Å²) < 4.78 is 16.7. The largest absolute Gasteiger partial charge is 0.395 e. The van der Waals surface area contributed by atoms with E-state index in [4.69, 9.17) is 7.85 Å². The van der Waals surface area contributed by atoms with Gasteiger partial charge in [0.2, 0.25) is 0 Å². The molecule has 1 N–H and O–H groups in total. The van der Waals surface area contributed by atoms with E-state index >= 15 is 0 Å². The molecule has 0 saturated carbocycles. The van der Waals surface area contributed by atoms with Crippen molar-refractivity contribution in [3.05, 3.63) is 22.8 Å². The number of nitrogens with zero attached hydrogens (tertiary/aromatic N) is 2. The van der Waals surface area contributed by atoms with E-state index in [1.165, 1.54) is 7.05 Å². The summed E-state index contributed by atoms with van der Waals surface area (Å²) in [4.78, 5) is 11.2. The smallest absolute Gasteiger partial charge is 0.327 e. The van der Waals surface area contributed by atoms with Crippen molar-refractivity contribution >= 4 is 0 Å². The SMILES string of the molecule is [2H]c1c([2H])n(CCO)c(=O)n1C. The Morgan fingerprint density at radius 2 is 2.50 bits per heavy atom. The molecule has 10 heavy (non-hydrogen) atoms. The van der Waals surface area contributed by atoms with Gasteiger partial charge in [0.05, 0.1) is 15.9 Å². The van der Waals surface area contributed by atoms with Crippen LogP contribution >= 0.6 is 0 Å². The summed E-state index contributed by atoms with van der Waals surface area (Å²) in [6, 6.07) is 0. The molecule has 0 spiro atoms. The highest BCUT2D eigenvalue weighted by Gasteiger charge is 1.95. The van der Waals surface area contributed by atoms with Crippen molar-refractivity contribution in [2.75, 3.05) is 6.61 Å². The van der Waals surface area contributed by atoms with E-state index in [0.29, 0.717) is 0 Å². The van der Waals surface area contributed by atoms with Gasteiger partial charge in [-0.05, 0) is 0 Å². The number of aliphatic hydroxyl groups excluding tert-OH is 1. The Morgan fingerprint density at radius 3 is 2.90 bits per heavy atom. The fourth-order valence-corrected chi connectivity index (χ4v) is 0.664. The van der Waals surface area contributed by atoms with Crippen molar-refractivity contribution in [2.24, 2.45) is 7.05 Å². The van der Waals surface area contributed by atoms with Gasteiger partial charge in [0, 0.05) is 19.4 Å². The lowest BCUT2D eigenvalue weighted by atomic mass is 10.7. The molecule has 4 heteroatoms. The molecule has 0 fully saturated rings. The standard InChI is InChI=1S/C6H10N2O2/c1-7-2-3-8(4-5-9)6(7)10/h2-3,9H,4-5H2,1H3/i2D,3D. The maximum Gasteiger partial charge on any atom is 0.327 e. The maximum atomic E-state index is 11.2. The number of aromatic nitrogens is 2. The van der Waals surface area contributed by atoms with E-state index in [1.54, 1.807) is 0 Å². The second kappa shape index (κ2) is 2.70. The first-order valence-electron chi connectivity index (χ1n) is 3.93. The fourth-order valence-electron chi connectivity index (χ4n) is 0.664. The van der Waals surface area contributed by atoms with Crippen LogP contribution in [0.4, 0.5) is 0 Å². The molecule has 0 amide bonds. The van der Waals surface area contributed by atoms with E-state index in [2.05, 4.69) is 0 Å². The first-order valence-corrected chi connectivity index (χ1v) is 2.93. The van der Waals surface area contributed by atoms with Crippen molar-refractivity contribution in [3.8, 4) is 0 Å². The molecule has 0 atom stereocenters. The van der Waals surface area contributed by atoms with E-state index in [0.717, 1.165) is 9.13 Å². The molecule has 0 unspecified atom stereocenters. The van der Waals surface area contributed by atoms with Gasteiger partial charge in [-0.25, -0.2) is 4.79 Å². The molecule has 4 nitrogen and oxygen atoms in total. The zero-order chi connectivity index (χ0) is 9.30. The Kier molecular flexibility index (Phi) is 1.28. The fraction of sp³-hybridized carbons (Fsp3) is 0.500. The number of hydrogen-bond acceptors (Lipinski definition) is 2. The topological polar surface area (TPSA) is 47.2 Å². The molecule has 0 aliphatic rings. The molecule has 0 aliphatic carbocycles. The predicted molar refractivity (Wildman–Crippen MR) is 36.8 cm³/mol. The van der Waals surface area contributed by atoms with Gasteiger partial charge < -0.3 is 9.67 Å². The molecule has 1 aromatic heterocycles. The zero-order valence-electron chi connectivity index (χ0n) is 7.66. The van der Waals surface area contributed by atoms with Crippen LogP contribution in [0.5, 0.6) is 0 Å². The van der Waals surface area contributed by atoms with Crippen LogP contribution in [-0.2, 0) is 13.6 Å². The van der Waals surface area contributed by atoms with Gasteiger partial charge in [0.1, 0.15) is 0 Å². The molecule has 0 aliphatic heterocycles. The zero-order valence-corrected chi connectivity index (χ0v) is 5.66. The summed E-state index contributed by atoms with van der Waals surface area (Å²) in [6.45, 7) is -0.125. The number of imidazole rings is 1. The van der Waals surface area contributed by atoms with Gasteiger partial charge in [-0.1, -0.05) is 0 Å². The number of aliphatic hydroxyl groups is 1. The third-order valence-electron chi connectivity index (χ3n) is 1.19. The Labute approximate surface area is 61.1 Å². The van der Waals surface area contributed by atoms with Crippen LogP contribution in [0.25, 0.3) is 0 Å². The van der Waals surface area contributed by atoms with Crippen molar-refractivity contribution in [1.29, 1.82) is 0 Å². The predicted octanol–water partition coefficient (Wildman–Crippen LogP) is -0.821. The first-order chi connectivity index (χ1) is 5.59. The van der Waals surface area contributed by atoms with Crippen LogP contribution in [0.15, 0.2) is 17.1 Å². The van der Waals surface area contributed by atoms with Crippen LogP contribution in [0.1, 0.15) is 2.74 Å². The van der Waals surface area contributed by atoms with Crippen LogP contribution in [-0.4, -0.2) is 20.8 Å². The van der Waals surface area contributed by atoms with Gasteiger partial charge in [0.15, 0.2) is 0 Å². The lowest BCUT2D eigenvalue weighted by molar-refractivity contribution is 0.274. The van der Waals surface area contributed by atoms with Gasteiger partial charge in [-0.2, -0.15) is 0 Å². The average molecular weight is 144 g/mol. The number of hydrogen-bond donors (Lipinski definition) is 1. The molecule has 56 valence electrons. The summed E-state index contributed by atoms with van der Waals surface area (Å²) in [5.74, 6) is 0. The lowest BCUT2D eigenvalue weighted by Gasteiger charge is -1.93. The van der Waals surface area contributed by atoms with Gasteiger partial charge in [-0.15, -0.1) is 0 Å². The summed E-state index contributed by atoms with van der Waals surface area (Å²) in [6.07, 6.45) is -0.287. The van der Waals surface area contributed by atoms with Crippen LogP contribution in [0, 0.1) is 0 Å². The molecule has 1 rings (SSSR count). The monoisotopic (exact) mass is 144 g/mol. The van der Waals surface area contributed by atoms with Crippen LogP contribution < -0.4 is 5.69 Å². The quantitative estimate of drug-likeness (QED) is 0.589. The highest BCUT2D eigenvalue weighted by atomic mass is 16.3. The molecule has 0 radical (unpaired) electrons. The summed E-state index contributed by atoms with van der Waals surface area (Å²) in [5.41, 5.74) is -0.431. The molecule has 0 saturated heterocycles. The van der Waals surface area contributed by atoms with E-state index in [1.807, 2.05) is 0 Å². The van der Waals surface area contributed by atoms with Crippen molar-refractivity contribution in [1.82, 2.24) is 9.13 Å². The van der Waals surface area contributed by atoms with Crippen molar-refractivity contribution in [3.63, 3.8) is 0 Å². The molecule has 1 aromatic rings. The summed E-state index contributed by atoms with van der Waals surface area (Å²) >= 11 is 0. The lowest BCUT2D eigenvalue weighted by Crippen LogP contribution is -2.22. The Balaban J connectivity index is 3.28. The summed E-state index contributed by atoms with van der Waals surface area (Å²) in [7, 11) is 1.43. The second-order valence-corrected chi connectivity index (χ2v) is 1.94. The molecule has 1 heterocycles. The Morgan fingerprint density at radius 1 is 1.80 bits per heavy atom. The minimum absolute atomic E-state index is 0.0738. The second-order valence-electron chi connectivity index (χ2n) is 1.94. The first kappa shape index (κ1) is 4.73. The molecule has 0 aromatic carbocycles. The van der Waals surface area contributed by atoms with Crippen molar-refractivity contribution in [2.45, 2.75) is 6.54 Å². The van der Waals surface area contributed by atoms with Crippen LogP contribution in [0.3, 0.4) is 0 Å². The number of rotatable bonds is 2. The van der Waals surface area contributed by atoms with Gasteiger partial charge in [0.25, 0.3) is 0 Å². The third kappa shape index (κ3) is 1.11. The Hall–Kier alpha value is -1.03. The molecular formula is C6H10N2O2. The average Bonchev–Trinajstić information content (AvgIpc) is 2.23. The Bertz CT molecular complexity index is 342. The minimum Gasteiger partial charge on any atom is -0.395 e. The third-order valence-corrected chi connectivity index (χ3v) is 1.19. The molecule has 0 bridgehead atoms. The van der Waals surface area contributed by atoms with Crippen molar-refractivity contribution < 1.29 is 7.85 Å². The van der Waals surface area contributed by atoms with E-state index < -0.39 is 5.69 Å². The van der Waals surface area contributed by atoms with Gasteiger partial charge >= 0.3 is 5.69 Å². The highest BCUT2D eigenvalue weighted by molar-refractivity contribution is 4.79. The van der Waals surface area contributed by atoms with E-state index in [9.17, 15) is 4.79 Å². The van der Waals surface area contributed by atoms with Gasteiger partial charge in [-0.3, -0.25) is 4.57 Å². The summed E-state index contributed by atoms with van der Waals surface area (Å²) in [5, 5.41) is 8.56. The normalized spacial score (nSPS) is 13.0. The van der Waals surface area contributed by atoms with E-state index in [-0.39, 0.29) is 25.5 Å². The van der Waals surface area contributed by atoms with Crippen LogP contribution in [0.2, 0.25) is 0 Å². The highest BCUT2D eigenvalue weighted by Crippen LogP contribution is 1.79.